The molecule has 1 saturated heterocycles. The van der Waals surface area contributed by atoms with Gasteiger partial charge in [0.2, 0.25) is 0 Å². The van der Waals surface area contributed by atoms with Crippen LogP contribution >= 0.6 is 12.4 Å². The number of nitrogens with one attached hydrogen (secondary N) is 1. The van der Waals surface area contributed by atoms with Crippen molar-refractivity contribution in [3.05, 3.63) is 0 Å². The maximum atomic E-state index is 10.4. The van der Waals surface area contributed by atoms with Crippen molar-refractivity contribution in [2.75, 3.05) is 13.1 Å². The van der Waals surface area contributed by atoms with Gasteiger partial charge in [-0.1, -0.05) is 6.92 Å². The highest BCUT2D eigenvalue weighted by atomic mass is 35.5. The molecular weight excluding hydrogens is 154 g/mol. The first-order chi connectivity index (χ1) is 4.22. The fraction of sp³-hybridized carbons (Fsp3) is 0.833. The molecule has 1 aliphatic heterocycles. The summed E-state index contributed by atoms with van der Waals surface area (Å²) in [6, 6.07) is 0. The SMILES string of the molecule is C[C@@H]1CNC[C@H]1C(=O)O.Cl. The molecule has 0 radical (unpaired) electrons. The zero-order chi connectivity index (χ0) is 6.85. The van der Waals surface area contributed by atoms with E-state index in [1.807, 2.05) is 6.92 Å². The Morgan fingerprint density at radius 2 is 2.20 bits per heavy atom. The van der Waals surface area contributed by atoms with E-state index in [-0.39, 0.29) is 18.3 Å². The van der Waals surface area contributed by atoms with E-state index < -0.39 is 5.97 Å². The van der Waals surface area contributed by atoms with Crippen molar-refractivity contribution < 1.29 is 9.90 Å². The van der Waals surface area contributed by atoms with Crippen molar-refractivity contribution in [3.63, 3.8) is 0 Å². The highest BCUT2D eigenvalue weighted by Crippen LogP contribution is 2.14. The van der Waals surface area contributed by atoms with Crippen molar-refractivity contribution in [1.29, 1.82) is 0 Å². The molecule has 0 aliphatic carbocycles. The average Bonchev–Trinajstić information content (AvgIpc) is 2.13. The normalized spacial score (nSPS) is 31.3. The number of aliphatic carboxylic acids is 1. The molecule has 10 heavy (non-hydrogen) atoms. The second kappa shape index (κ2) is 3.78. The smallest absolute Gasteiger partial charge is 0.308 e. The van der Waals surface area contributed by atoms with Crippen LogP contribution in [0.2, 0.25) is 0 Å². The molecule has 3 nitrogen and oxygen atoms in total. The lowest BCUT2D eigenvalue weighted by atomic mass is 9.99. The van der Waals surface area contributed by atoms with Crippen molar-refractivity contribution in [3.8, 4) is 0 Å². The van der Waals surface area contributed by atoms with Crippen LogP contribution < -0.4 is 5.32 Å². The molecule has 1 rings (SSSR count). The first-order valence-corrected chi connectivity index (χ1v) is 3.15. The van der Waals surface area contributed by atoms with E-state index >= 15 is 0 Å². The number of rotatable bonds is 1. The summed E-state index contributed by atoms with van der Waals surface area (Å²) in [6.45, 7) is 3.44. The van der Waals surface area contributed by atoms with Gasteiger partial charge in [-0.2, -0.15) is 0 Å². The topological polar surface area (TPSA) is 49.3 Å². The Morgan fingerprint density at radius 3 is 2.40 bits per heavy atom. The van der Waals surface area contributed by atoms with Crippen LogP contribution in [0.4, 0.5) is 0 Å². The van der Waals surface area contributed by atoms with E-state index in [1.54, 1.807) is 0 Å². The minimum Gasteiger partial charge on any atom is -0.481 e. The molecule has 0 unspecified atom stereocenters. The van der Waals surface area contributed by atoms with Crippen LogP contribution in [0.5, 0.6) is 0 Å². The second-order valence-electron chi connectivity index (χ2n) is 2.58. The van der Waals surface area contributed by atoms with Gasteiger partial charge < -0.3 is 10.4 Å². The molecule has 4 heteroatoms. The summed E-state index contributed by atoms with van der Waals surface area (Å²) >= 11 is 0. The maximum Gasteiger partial charge on any atom is 0.308 e. The van der Waals surface area contributed by atoms with Crippen LogP contribution in [0.15, 0.2) is 0 Å². The Kier molecular flexibility index (Phi) is 3.68. The maximum absolute atomic E-state index is 10.4. The zero-order valence-corrected chi connectivity index (χ0v) is 6.65. The number of hydrogen-bond acceptors (Lipinski definition) is 2. The molecule has 2 atom stereocenters. The lowest BCUT2D eigenvalue weighted by Gasteiger charge is -2.05. The Labute approximate surface area is 66.2 Å². The van der Waals surface area contributed by atoms with E-state index in [9.17, 15) is 4.79 Å². The molecule has 1 heterocycles. The van der Waals surface area contributed by atoms with Gasteiger partial charge in [0.25, 0.3) is 0 Å². The molecule has 0 spiro atoms. The fourth-order valence-electron chi connectivity index (χ4n) is 1.14. The number of halogens is 1. The van der Waals surface area contributed by atoms with Crippen LogP contribution in [0, 0.1) is 11.8 Å². The second-order valence-corrected chi connectivity index (χ2v) is 2.58. The van der Waals surface area contributed by atoms with Crippen molar-refractivity contribution in [1.82, 2.24) is 5.32 Å². The monoisotopic (exact) mass is 165 g/mol. The molecule has 0 aromatic carbocycles. The Morgan fingerprint density at radius 1 is 1.60 bits per heavy atom. The highest BCUT2D eigenvalue weighted by molar-refractivity contribution is 5.85. The van der Waals surface area contributed by atoms with Crippen LogP contribution in [-0.2, 0) is 4.79 Å². The minimum absolute atomic E-state index is 0. The summed E-state index contributed by atoms with van der Waals surface area (Å²) in [5.74, 6) is -0.542. The van der Waals surface area contributed by atoms with Gasteiger partial charge >= 0.3 is 5.97 Å². The van der Waals surface area contributed by atoms with Gasteiger partial charge in [0.15, 0.2) is 0 Å². The molecule has 1 fully saturated rings. The Balaban J connectivity index is 0.000000810. The first-order valence-electron chi connectivity index (χ1n) is 3.15. The summed E-state index contributed by atoms with van der Waals surface area (Å²) in [5, 5.41) is 11.6. The fourth-order valence-corrected chi connectivity index (χ4v) is 1.14. The van der Waals surface area contributed by atoms with Gasteiger partial charge in [0.05, 0.1) is 5.92 Å². The third-order valence-electron chi connectivity index (χ3n) is 1.83. The molecule has 0 aromatic rings. The van der Waals surface area contributed by atoms with Gasteiger partial charge in [-0.05, 0) is 12.5 Å². The van der Waals surface area contributed by atoms with Crippen LogP contribution in [-0.4, -0.2) is 24.2 Å². The van der Waals surface area contributed by atoms with Gasteiger partial charge in [-0.15, -0.1) is 12.4 Å². The predicted molar refractivity (Wildman–Crippen MR) is 40.4 cm³/mol. The van der Waals surface area contributed by atoms with Crippen molar-refractivity contribution >= 4 is 18.4 Å². The van der Waals surface area contributed by atoms with E-state index in [0.29, 0.717) is 12.5 Å². The first kappa shape index (κ1) is 9.72. The molecule has 0 amide bonds. The third-order valence-corrected chi connectivity index (χ3v) is 1.83. The highest BCUT2D eigenvalue weighted by Gasteiger charge is 2.28. The summed E-state index contributed by atoms with van der Waals surface area (Å²) < 4.78 is 0. The lowest BCUT2D eigenvalue weighted by molar-refractivity contribution is -0.142. The lowest BCUT2D eigenvalue weighted by Crippen LogP contribution is -2.20. The molecule has 1 aliphatic rings. The van der Waals surface area contributed by atoms with E-state index in [2.05, 4.69) is 5.32 Å². The van der Waals surface area contributed by atoms with Crippen LogP contribution in [0.3, 0.4) is 0 Å². The average molecular weight is 166 g/mol. The molecule has 2 N–H and O–H groups in total. The third kappa shape index (κ3) is 1.85. The standard InChI is InChI=1S/C6H11NO2.ClH/c1-4-2-7-3-5(4)6(8)9;/h4-5,7H,2-3H2,1H3,(H,8,9);1H/t4-,5-;/m1./s1. The summed E-state index contributed by atoms with van der Waals surface area (Å²) in [5.41, 5.74) is 0. The van der Waals surface area contributed by atoms with Gasteiger partial charge in [0, 0.05) is 6.54 Å². The quantitative estimate of drug-likeness (QED) is 0.590. The predicted octanol–water partition coefficient (Wildman–Crippen LogP) is 0.348. The Hall–Kier alpha value is -0.280. The van der Waals surface area contributed by atoms with Crippen LogP contribution in [0.1, 0.15) is 6.92 Å². The summed E-state index contributed by atoms with van der Waals surface area (Å²) in [4.78, 5) is 10.4. The molecule has 0 bridgehead atoms. The molecule has 60 valence electrons. The van der Waals surface area contributed by atoms with Crippen LogP contribution in [0.25, 0.3) is 0 Å². The Bertz CT molecular complexity index is 129. The molecule has 0 saturated carbocycles. The number of hydrogen-bond donors (Lipinski definition) is 2. The van der Waals surface area contributed by atoms with E-state index in [0.717, 1.165) is 6.54 Å². The largest absolute Gasteiger partial charge is 0.481 e. The number of carboxylic acids is 1. The number of carbonyl (C=O) groups is 1. The minimum atomic E-state index is -0.674. The molecule has 0 aromatic heterocycles. The number of carboxylic acid groups (broad SMARTS) is 1. The summed E-state index contributed by atoms with van der Waals surface area (Å²) in [6.07, 6.45) is 0. The van der Waals surface area contributed by atoms with Gasteiger partial charge in [-0.3, -0.25) is 4.79 Å². The van der Waals surface area contributed by atoms with Gasteiger partial charge in [-0.25, -0.2) is 0 Å². The summed E-state index contributed by atoms with van der Waals surface area (Å²) in [7, 11) is 0. The van der Waals surface area contributed by atoms with E-state index in [1.165, 1.54) is 0 Å². The van der Waals surface area contributed by atoms with Crippen molar-refractivity contribution in [2.24, 2.45) is 11.8 Å². The molecular formula is C6H12ClNO2. The van der Waals surface area contributed by atoms with Gasteiger partial charge in [0.1, 0.15) is 0 Å². The zero-order valence-electron chi connectivity index (χ0n) is 5.83. The van der Waals surface area contributed by atoms with Crippen molar-refractivity contribution in [2.45, 2.75) is 6.92 Å². The van der Waals surface area contributed by atoms with E-state index in [4.69, 9.17) is 5.11 Å².